The number of hydrogen-bond donors (Lipinski definition) is 1. The SMILES string of the molecule is CC(C)Oc1cc(N)cc(SC2CCOC2C)c1. The van der Waals surface area contributed by atoms with Crippen LogP contribution in [0.5, 0.6) is 5.75 Å². The Hall–Kier alpha value is -0.870. The molecule has 2 atom stereocenters. The minimum Gasteiger partial charge on any atom is -0.491 e. The van der Waals surface area contributed by atoms with Crippen LogP contribution in [-0.2, 0) is 4.74 Å². The molecule has 1 heterocycles. The third kappa shape index (κ3) is 3.56. The Labute approximate surface area is 113 Å². The van der Waals surface area contributed by atoms with Crippen LogP contribution in [0.15, 0.2) is 23.1 Å². The predicted molar refractivity (Wildman–Crippen MR) is 76.3 cm³/mol. The first-order valence-electron chi connectivity index (χ1n) is 6.40. The fraction of sp³-hybridized carbons (Fsp3) is 0.571. The van der Waals surface area contributed by atoms with Gasteiger partial charge >= 0.3 is 0 Å². The summed E-state index contributed by atoms with van der Waals surface area (Å²) < 4.78 is 11.3. The summed E-state index contributed by atoms with van der Waals surface area (Å²) in [5.74, 6) is 0.846. The van der Waals surface area contributed by atoms with Crippen molar-refractivity contribution in [1.82, 2.24) is 0 Å². The Kier molecular flexibility index (Phi) is 4.40. The van der Waals surface area contributed by atoms with E-state index in [2.05, 4.69) is 13.0 Å². The molecule has 0 radical (unpaired) electrons. The summed E-state index contributed by atoms with van der Waals surface area (Å²) in [6.45, 7) is 7.02. The first-order valence-corrected chi connectivity index (χ1v) is 7.28. The van der Waals surface area contributed by atoms with E-state index in [4.69, 9.17) is 15.2 Å². The van der Waals surface area contributed by atoms with Crippen molar-refractivity contribution in [3.63, 3.8) is 0 Å². The van der Waals surface area contributed by atoms with E-state index in [-0.39, 0.29) is 6.10 Å². The molecule has 4 heteroatoms. The van der Waals surface area contributed by atoms with Gasteiger partial charge in [-0.1, -0.05) is 0 Å². The Balaban J connectivity index is 2.09. The Morgan fingerprint density at radius 2 is 2.17 bits per heavy atom. The highest BCUT2D eigenvalue weighted by Crippen LogP contribution is 2.35. The number of thioether (sulfide) groups is 1. The third-order valence-corrected chi connectivity index (χ3v) is 4.30. The molecule has 0 aliphatic carbocycles. The lowest BCUT2D eigenvalue weighted by molar-refractivity contribution is 0.127. The normalized spacial score (nSPS) is 23.6. The molecule has 2 N–H and O–H groups in total. The number of hydrogen-bond acceptors (Lipinski definition) is 4. The summed E-state index contributed by atoms with van der Waals surface area (Å²) in [6, 6.07) is 5.94. The molecule has 0 saturated carbocycles. The van der Waals surface area contributed by atoms with Gasteiger partial charge < -0.3 is 15.2 Å². The van der Waals surface area contributed by atoms with Crippen molar-refractivity contribution in [1.29, 1.82) is 0 Å². The zero-order chi connectivity index (χ0) is 13.1. The van der Waals surface area contributed by atoms with Crippen LogP contribution in [0.3, 0.4) is 0 Å². The Morgan fingerprint density at radius 1 is 1.39 bits per heavy atom. The summed E-state index contributed by atoms with van der Waals surface area (Å²) in [5.41, 5.74) is 6.67. The van der Waals surface area contributed by atoms with Gasteiger partial charge in [0.15, 0.2) is 0 Å². The first kappa shape index (κ1) is 13.6. The van der Waals surface area contributed by atoms with Gasteiger partial charge in [0.25, 0.3) is 0 Å². The van der Waals surface area contributed by atoms with E-state index >= 15 is 0 Å². The lowest BCUT2D eigenvalue weighted by atomic mass is 10.2. The highest BCUT2D eigenvalue weighted by atomic mass is 32.2. The van der Waals surface area contributed by atoms with E-state index in [1.165, 1.54) is 0 Å². The van der Waals surface area contributed by atoms with Crippen molar-refractivity contribution in [2.75, 3.05) is 12.3 Å². The molecule has 2 rings (SSSR count). The highest BCUT2D eigenvalue weighted by molar-refractivity contribution is 8.00. The van der Waals surface area contributed by atoms with Crippen LogP contribution < -0.4 is 10.5 Å². The lowest BCUT2D eigenvalue weighted by Crippen LogP contribution is -2.13. The van der Waals surface area contributed by atoms with Crippen LogP contribution >= 0.6 is 11.8 Å². The molecular formula is C14H21NO2S. The molecular weight excluding hydrogens is 246 g/mol. The Bertz CT molecular complexity index is 409. The predicted octanol–water partition coefficient (Wildman–Crippen LogP) is 3.33. The summed E-state index contributed by atoms with van der Waals surface area (Å²) in [7, 11) is 0. The molecule has 3 nitrogen and oxygen atoms in total. The van der Waals surface area contributed by atoms with Crippen molar-refractivity contribution in [2.24, 2.45) is 0 Å². The molecule has 1 aromatic carbocycles. The molecule has 0 spiro atoms. The van der Waals surface area contributed by atoms with E-state index in [1.54, 1.807) is 0 Å². The second-order valence-electron chi connectivity index (χ2n) is 4.93. The minimum atomic E-state index is 0.165. The first-order chi connectivity index (χ1) is 8.54. The summed E-state index contributed by atoms with van der Waals surface area (Å²) in [4.78, 5) is 1.16. The van der Waals surface area contributed by atoms with Crippen molar-refractivity contribution in [3.8, 4) is 5.75 Å². The van der Waals surface area contributed by atoms with Gasteiger partial charge in [-0.05, 0) is 39.3 Å². The molecule has 1 aliphatic heterocycles. The van der Waals surface area contributed by atoms with Crippen molar-refractivity contribution in [3.05, 3.63) is 18.2 Å². The lowest BCUT2D eigenvalue weighted by Gasteiger charge is -2.16. The summed E-state index contributed by atoms with van der Waals surface area (Å²) >= 11 is 1.83. The maximum absolute atomic E-state index is 5.92. The van der Waals surface area contributed by atoms with Crippen LogP contribution in [0.25, 0.3) is 0 Å². The number of rotatable bonds is 4. The molecule has 1 aromatic rings. The average molecular weight is 267 g/mol. The second-order valence-corrected chi connectivity index (χ2v) is 6.24. The van der Waals surface area contributed by atoms with Gasteiger partial charge in [0.2, 0.25) is 0 Å². The average Bonchev–Trinajstić information content (AvgIpc) is 2.62. The van der Waals surface area contributed by atoms with Crippen molar-refractivity contribution >= 4 is 17.4 Å². The van der Waals surface area contributed by atoms with Crippen LogP contribution in [0, 0.1) is 0 Å². The van der Waals surface area contributed by atoms with Gasteiger partial charge in [-0.15, -0.1) is 11.8 Å². The van der Waals surface area contributed by atoms with E-state index in [1.807, 2.05) is 37.7 Å². The second kappa shape index (κ2) is 5.85. The topological polar surface area (TPSA) is 44.5 Å². The molecule has 0 bridgehead atoms. The molecule has 2 unspecified atom stereocenters. The molecule has 1 fully saturated rings. The number of nitrogen functional groups attached to an aromatic ring is 1. The fourth-order valence-corrected chi connectivity index (χ4v) is 3.27. The fourth-order valence-electron chi connectivity index (χ4n) is 2.04. The van der Waals surface area contributed by atoms with Crippen LogP contribution in [0.4, 0.5) is 5.69 Å². The number of benzene rings is 1. The zero-order valence-electron chi connectivity index (χ0n) is 11.2. The molecule has 0 amide bonds. The van der Waals surface area contributed by atoms with Crippen LogP contribution in [-0.4, -0.2) is 24.1 Å². The zero-order valence-corrected chi connectivity index (χ0v) is 12.0. The van der Waals surface area contributed by atoms with Crippen LogP contribution in [0.1, 0.15) is 27.2 Å². The van der Waals surface area contributed by atoms with Crippen molar-refractivity contribution in [2.45, 2.75) is 49.5 Å². The maximum Gasteiger partial charge on any atom is 0.122 e. The molecule has 1 saturated heterocycles. The third-order valence-electron chi connectivity index (χ3n) is 2.87. The molecule has 18 heavy (non-hydrogen) atoms. The van der Waals surface area contributed by atoms with Gasteiger partial charge in [-0.2, -0.15) is 0 Å². The largest absolute Gasteiger partial charge is 0.491 e. The van der Waals surface area contributed by atoms with Crippen molar-refractivity contribution < 1.29 is 9.47 Å². The highest BCUT2D eigenvalue weighted by Gasteiger charge is 2.25. The molecule has 1 aliphatic rings. The van der Waals surface area contributed by atoms with Gasteiger partial charge in [-0.3, -0.25) is 0 Å². The maximum atomic E-state index is 5.92. The number of ether oxygens (including phenoxy) is 2. The van der Waals surface area contributed by atoms with Crippen LogP contribution in [0.2, 0.25) is 0 Å². The Morgan fingerprint density at radius 3 is 2.78 bits per heavy atom. The summed E-state index contributed by atoms with van der Waals surface area (Å²) in [5, 5.41) is 0.513. The molecule has 0 aromatic heterocycles. The van der Waals surface area contributed by atoms with Gasteiger partial charge in [0, 0.05) is 28.5 Å². The monoisotopic (exact) mass is 267 g/mol. The van der Waals surface area contributed by atoms with E-state index in [9.17, 15) is 0 Å². The number of nitrogens with two attached hydrogens (primary N) is 1. The van der Waals surface area contributed by atoms with E-state index in [0.717, 1.165) is 29.4 Å². The van der Waals surface area contributed by atoms with Gasteiger partial charge in [0.05, 0.1) is 12.2 Å². The minimum absolute atomic E-state index is 0.165. The van der Waals surface area contributed by atoms with Gasteiger partial charge in [0.1, 0.15) is 5.75 Å². The van der Waals surface area contributed by atoms with E-state index < -0.39 is 0 Å². The standard InChI is InChI=1S/C14H21NO2S/c1-9(2)17-12-6-11(15)7-13(8-12)18-14-4-5-16-10(14)3/h6-10,14H,4-5,15H2,1-3H3. The quantitative estimate of drug-likeness (QED) is 0.850. The smallest absolute Gasteiger partial charge is 0.122 e. The number of anilines is 1. The van der Waals surface area contributed by atoms with Gasteiger partial charge in [-0.25, -0.2) is 0 Å². The summed E-state index contributed by atoms with van der Waals surface area (Å²) in [6.07, 6.45) is 1.57. The molecule has 100 valence electrons. The van der Waals surface area contributed by atoms with E-state index in [0.29, 0.717) is 11.4 Å².